The molecule has 0 bridgehead atoms. The number of carbonyl (C=O) groups is 2. The number of aromatic amines is 1. The van der Waals surface area contributed by atoms with Gasteiger partial charge in [0.1, 0.15) is 0 Å². The zero-order chi connectivity index (χ0) is 20.2. The maximum absolute atomic E-state index is 13.0. The van der Waals surface area contributed by atoms with Crippen LogP contribution in [0.1, 0.15) is 28.4 Å². The van der Waals surface area contributed by atoms with E-state index in [1.807, 2.05) is 0 Å². The van der Waals surface area contributed by atoms with Crippen LogP contribution >= 0.6 is 0 Å². The monoisotopic (exact) mass is 381 g/mol. The molecule has 0 aliphatic carbocycles. The third-order valence-corrected chi connectivity index (χ3v) is 3.55. The van der Waals surface area contributed by atoms with Crippen LogP contribution in [0.5, 0.6) is 0 Å². The molecule has 0 aliphatic rings. The number of aliphatic hydroxyl groups is 1. The van der Waals surface area contributed by atoms with Gasteiger partial charge in [-0.25, -0.2) is 0 Å². The number of anilines is 1. The summed E-state index contributed by atoms with van der Waals surface area (Å²) in [6.07, 6.45) is -2.24. The number of halogens is 3. The molecule has 4 N–H and O–H groups in total. The fraction of sp³-hybridized carbons (Fsp3) is 0.250. The SMILES string of the molecule is CC(O)(CNC(=O)c1cn[nH]c1)C(=O)Nc1ccc(C#N)c(C(F)(F)F)c1. The summed E-state index contributed by atoms with van der Waals surface area (Å²) in [4.78, 5) is 24.0. The van der Waals surface area contributed by atoms with Crippen LogP contribution in [-0.2, 0) is 11.0 Å². The van der Waals surface area contributed by atoms with Crippen molar-refractivity contribution in [3.05, 3.63) is 47.3 Å². The highest BCUT2D eigenvalue weighted by atomic mass is 19.4. The van der Waals surface area contributed by atoms with Crippen LogP contribution < -0.4 is 10.6 Å². The summed E-state index contributed by atoms with van der Waals surface area (Å²) < 4.78 is 38.9. The smallest absolute Gasteiger partial charge is 0.378 e. The van der Waals surface area contributed by atoms with Gasteiger partial charge in [-0.15, -0.1) is 0 Å². The fourth-order valence-electron chi connectivity index (χ4n) is 2.03. The Balaban J connectivity index is 2.09. The molecule has 142 valence electrons. The number of carbonyl (C=O) groups excluding carboxylic acids is 2. The number of hydrogen-bond acceptors (Lipinski definition) is 5. The van der Waals surface area contributed by atoms with Crippen molar-refractivity contribution in [2.75, 3.05) is 11.9 Å². The highest BCUT2D eigenvalue weighted by molar-refractivity contribution is 5.98. The summed E-state index contributed by atoms with van der Waals surface area (Å²) in [7, 11) is 0. The first-order valence-corrected chi connectivity index (χ1v) is 7.47. The highest BCUT2D eigenvalue weighted by Gasteiger charge is 2.35. The van der Waals surface area contributed by atoms with E-state index in [0.717, 1.165) is 19.1 Å². The van der Waals surface area contributed by atoms with Crippen LogP contribution in [0.3, 0.4) is 0 Å². The van der Waals surface area contributed by atoms with E-state index in [1.165, 1.54) is 18.5 Å². The van der Waals surface area contributed by atoms with Crippen molar-refractivity contribution < 1.29 is 27.9 Å². The molecule has 11 heteroatoms. The van der Waals surface area contributed by atoms with Gasteiger partial charge in [-0.2, -0.15) is 23.5 Å². The standard InChI is InChI=1S/C16H14F3N5O3/c1-15(27,8-21-13(25)10-6-22-23-7-10)14(26)24-11-3-2-9(5-20)12(4-11)16(17,18)19/h2-4,6-7,27H,8H2,1H3,(H,21,25)(H,22,23)(H,24,26). The maximum Gasteiger partial charge on any atom is 0.417 e. The average molecular weight is 381 g/mol. The Morgan fingerprint density at radius 3 is 2.63 bits per heavy atom. The number of rotatable bonds is 5. The summed E-state index contributed by atoms with van der Waals surface area (Å²) in [6, 6.07) is 4.03. The van der Waals surface area contributed by atoms with Crippen LogP contribution in [0.4, 0.5) is 18.9 Å². The van der Waals surface area contributed by atoms with Gasteiger partial charge in [-0.1, -0.05) is 0 Å². The van der Waals surface area contributed by atoms with Gasteiger partial charge in [-0.05, 0) is 25.1 Å². The van der Waals surface area contributed by atoms with Gasteiger partial charge in [-0.3, -0.25) is 14.7 Å². The Morgan fingerprint density at radius 2 is 2.07 bits per heavy atom. The molecule has 1 atom stereocenters. The van der Waals surface area contributed by atoms with Crippen molar-refractivity contribution >= 4 is 17.5 Å². The number of benzene rings is 1. The van der Waals surface area contributed by atoms with Crippen LogP contribution in [-0.4, -0.2) is 39.3 Å². The third kappa shape index (κ3) is 4.83. The number of nitrogens with one attached hydrogen (secondary N) is 3. The quantitative estimate of drug-likeness (QED) is 0.622. The Labute approximate surface area is 151 Å². The van der Waals surface area contributed by atoms with Crippen molar-refractivity contribution in [2.45, 2.75) is 18.7 Å². The lowest BCUT2D eigenvalue weighted by Crippen LogP contribution is -2.49. The predicted molar refractivity (Wildman–Crippen MR) is 86.3 cm³/mol. The molecule has 1 unspecified atom stereocenters. The van der Waals surface area contributed by atoms with Gasteiger partial charge in [0.05, 0.1) is 35.5 Å². The maximum atomic E-state index is 13.0. The van der Waals surface area contributed by atoms with Crippen molar-refractivity contribution in [1.29, 1.82) is 5.26 Å². The molecule has 0 spiro atoms. The fourth-order valence-corrected chi connectivity index (χ4v) is 2.03. The van der Waals surface area contributed by atoms with E-state index in [-0.39, 0.29) is 11.3 Å². The number of alkyl halides is 3. The first kappa shape index (κ1) is 19.9. The number of H-pyrrole nitrogens is 1. The number of aromatic nitrogens is 2. The lowest BCUT2D eigenvalue weighted by atomic mass is 10.0. The van der Waals surface area contributed by atoms with Gasteiger partial charge < -0.3 is 15.7 Å². The first-order valence-electron chi connectivity index (χ1n) is 7.47. The molecule has 2 aromatic rings. The average Bonchev–Trinajstić information content (AvgIpc) is 3.13. The molecule has 8 nitrogen and oxygen atoms in total. The van der Waals surface area contributed by atoms with Crippen LogP contribution in [0.25, 0.3) is 0 Å². The lowest BCUT2D eigenvalue weighted by Gasteiger charge is -2.23. The van der Waals surface area contributed by atoms with E-state index in [9.17, 15) is 27.9 Å². The van der Waals surface area contributed by atoms with Crippen molar-refractivity contribution in [3.63, 3.8) is 0 Å². The van der Waals surface area contributed by atoms with Crippen LogP contribution in [0, 0.1) is 11.3 Å². The zero-order valence-corrected chi connectivity index (χ0v) is 13.9. The molecule has 0 fully saturated rings. The molecular formula is C16H14F3N5O3. The van der Waals surface area contributed by atoms with E-state index in [4.69, 9.17) is 5.26 Å². The predicted octanol–water partition coefficient (Wildman–Crippen LogP) is 1.42. The Bertz CT molecular complexity index is 886. The minimum Gasteiger partial charge on any atom is -0.378 e. The second kappa shape index (κ2) is 7.46. The summed E-state index contributed by atoms with van der Waals surface area (Å²) in [6.45, 7) is 0.595. The largest absolute Gasteiger partial charge is 0.417 e. The molecule has 0 aliphatic heterocycles. The number of amides is 2. The van der Waals surface area contributed by atoms with Crippen molar-refractivity contribution in [2.24, 2.45) is 0 Å². The van der Waals surface area contributed by atoms with Crippen LogP contribution in [0.15, 0.2) is 30.6 Å². The van der Waals surface area contributed by atoms with Crippen LogP contribution in [0.2, 0.25) is 0 Å². The highest BCUT2D eigenvalue weighted by Crippen LogP contribution is 2.33. The van der Waals surface area contributed by atoms with E-state index in [0.29, 0.717) is 6.07 Å². The van der Waals surface area contributed by atoms with E-state index >= 15 is 0 Å². The Morgan fingerprint density at radius 1 is 1.37 bits per heavy atom. The number of hydrogen-bond donors (Lipinski definition) is 4. The number of nitrogens with zero attached hydrogens (tertiary/aromatic N) is 2. The molecule has 1 aromatic heterocycles. The van der Waals surface area contributed by atoms with E-state index < -0.39 is 41.3 Å². The van der Waals surface area contributed by atoms with Gasteiger partial charge in [0, 0.05) is 11.9 Å². The van der Waals surface area contributed by atoms with Gasteiger partial charge in [0.2, 0.25) is 0 Å². The van der Waals surface area contributed by atoms with E-state index in [1.54, 1.807) is 0 Å². The van der Waals surface area contributed by atoms with Crippen molar-refractivity contribution in [3.8, 4) is 6.07 Å². The molecule has 0 saturated carbocycles. The number of nitriles is 1. The lowest BCUT2D eigenvalue weighted by molar-refractivity contribution is -0.138. The van der Waals surface area contributed by atoms with Gasteiger partial charge >= 0.3 is 6.18 Å². The summed E-state index contributed by atoms with van der Waals surface area (Å²) in [5.74, 6) is -1.64. The molecule has 1 heterocycles. The Kier molecular flexibility index (Phi) is 5.51. The molecule has 2 amide bonds. The second-order valence-corrected chi connectivity index (χ2v) is 5.77. The molecule has 2 rings (SSSR count). The zero-order valence-electron chi connectivity index (χ0n) is 13.9. The van der Waals surface area contributed by atoms with Gasteiger partial charge in [0.25, 0.3) is 11.8 Å². The minimum atomic E-state index is -4.78. The van der Waals surface area contributed by atoms with Gasteiger partial charge in [0.15, 0.2) is 5.60 Å². The first-order chi connectivity index (χ1) is 12.5. The minimum absolute atomic E-state index is 0.174. The Hall–Kier alpha value is -3.39. The summed E-state index contributed by atoms with van der Waals surface area (Å²) >= 11 is 0. The van der Waals surface area contributed by atoms with Crippen molar-refractivity contribution in [1.82, 2.24) is 15.5 Å². The molecule has 0 saturated heterocycles. The molecular weight excluding hydrogens is 367 g/mol. The summed E-state index contributed by atoms with van der Waals surface area (Å²) in [5.41, 5.74) is -4.00. The normalized spacial score (nSPS) is 13.3. The summed E-state index contributed by atoms with van der Waals surface area (Å²) in [5, 5.41) is 29.4. The topological polar surface area (TPSA) is 131 Å². The molecule has 0 radical (unpaired) electrons. The molecule has 1 aromatic carbocycles. The second-order valence-electron chi connectivity index (χ2n) is 5.77. The van der Waals surface area contributed by atoms with E-state index in [2.05, 4.69) is 20.8 Å². The third-order valence-electron chi connectivity index (χ3n) is 3.55. The molecule has 27 heavy (non-hydrogen) atoms.